The van der Waals surface area contributed by atoms with Gasteiger partial charge in [0, 0.05) is 18.1 Å². The molecule has 1 amide bonds. The zero-order valence-electron chi connectivity index (χ0n) is 11.7. The first-order chi connectivity index (χ1) is 7.76. The molecule has 4 nitrogen and oxygen atoms in total. The highest BCUT2D eigenvalue weighted by Crippen LogP contribution is 2.20. The SMILES string of the molecule is C[C@H](C[C@@H](C)NC1CC1)NC(=O)OC(C)(C)C. The van der Waals surface area contributed by atoms with E-state index in [0.717, 1.165) is 6.42 Å². The normalized spacial score (nSPS) is 19.6. The molecule has 0 aromatic carbocycles. The van der Waals surface area contributed by atoms with Gasteiger partial charge in [-0.25, -0.2) is 4.79 Å². The van der Waals surface area contributed by atoms with Crippen molar-refractivity contribution in [3.63, 3.8) is 0 Å². The van der Waals surface area contributed by atoms with E-state index in [4.69, 9.17) is 4.74 Å². The lowest BCUT2D eigenvalue weighted by Crippen LogP contribution is -2.41. The molecule has 100 valence electrons. The second-order valence-electron chi connectivity index (χ2n) is 6.12. The summed E-state index contributed by atoms with van der Waals surface area (Å²) in [5, 5.41) is 6.37. The molecule has 4 heteroatoms. The minimum absolute atomic E-state index is 0.131. The first kappa shape index (κ1) is 14.3. The summed E-state index contributed by atoms with van der Waals surface area (Å²) < 4.78 is 5.21. The molecule has 0 aromatic rings. The summed E-state index contributed by atoms with van der Waals surface area (Å²) in [6.45, 7) is 9.78. The van der Waals surface area contributed by atoms with E-state index in [1.807, 2.05) is 27.7 Å². The number of ether oxygens (including phenoxy) is 1. The molecule has 2 atom stereocenters. The third kappa shape index (κ3) is 7.21. The summed E-state index contributed by atoms with van der Waals surface area (Å²) in [6, 6.07) is 1.28. The lowest BCUT2D eigenvalue weighted by atomic mass is 10.1. The van der Waals surface area contributed by atoms with Gasteiger partial charge in [0.2, 0.25) is 0 Å². The number of carbonyl (C=O) groups is 1. The Balaban J connectivity index is 2.18. The maximum Gasteiger partial charge on any atom is 0.407 e. The molecular weight excluding hydrogens is 216 g/mol. The van der Waals surface area contributed by atoms with Crippen LogP contribution in [0.2, 0.25) is 0 Å². The second-order valence-corrected chi connectivity index (χ2v) is 6.12. The number of alkyl carbamates (subject to hydrolysis) is 1. The van der Waals surface area contributed by atoms with E-state index in [-0.39, 0.29) is 12.1 Å². The maximum atomic E-state index is 11.5. The van der Waals surface area contributed by atoms with Crippen LogP contribution in [0.4, 0.5) is 4.79 Å². The van der Waals surface area contributed by atoms with Crippen LogP contribution in [-0.4, -0.2) is 29.8 Å². The molecule has 1 aliphatic carbocycles. The lowest BCUT2D eigenvalue weighted by molar-refractivity contribution is 0.0504. The molecule has 0 unspecified atom stereocenters. The molecule has 0 saturated heterocycles. The van der Waals surface area contributed by atoms with Crippen LogP contribution in [0.5, 0.6) is 0 Å². The number of hydrogen-bond acceptors (Lipinski definition) is 3. The topological polar surface area (TPSA) is 50.4 Å². The predicted molar refractivity (Wildman–Crippen MR) is 69.1 cm³/mol. The van der Waals surface area contributed by atoms with Gasteiger partial charge in [0.25, 0.3) is 0 Å². The number of hydrogen-bond donors (Lipinski definition) is 2. The Labute approximate surface area is 104 Å². The summed E-state index contributed by atoms with van der Waals surface area (Å²) in [6.07, 6.45) is 3.18. The van der Waals surface area contributed by atoms with Crippen LogP contribution in [0, 0.1) is 0 Å². The minimum atomic E-state index is -0.429. The van der Waals surface area contributed by atoms with Crippen molar-refractivity contribution in [2.45, 2.75) is 77.6 Å². The second kappa shape index (κ2) is 5.71. The van der Waals surface area contributed by atoms with E-state index in [9.17, 15) is 4.79 Å². The fourth-order valence-electron chi connectivity index (χ4n) is 1.82. The number of rotatable bonds is 5. The van der Waals surface area contributed by atoms with E-state index >= 15 is 0 Å². The highest BCUT2D eigenvalue weighted by molar-refractivity contribution is 5.68. The van der Waals surface area contributed by atoms with Crippen molar-refractivity contribution in [3.05, 3.63) is 0 Å². The first-order valence-corrected chi connectivity index (χ1v) is 6.52. The standard InChI is InChI=1S/C13H26N2O2/c1-9(14-11-6-7-11)8-10(2)15-12(16)17-13(3,4)5/h9-11,14H,6-8H2,1-5H3,(H,15,16)/t9-,10-/m1/s1. The Morgan fingerprint density at radius 3 is 2.35 bits per heavy atom. The van der Waals surface area contributed by atoms with Crippen LogP contribution >= 0.6 is 0 Å². The van der Waals surface area contributed by atoms with Crippen molar-refractivity contribution in [1.82, 2.24) is 10.6 Å². The zero-order chi connectivity index (χ0) is 13.1. The molecule has 0 heterocycles. The fourth-order valence-corrected chi connectivity index (χ4v) is 1.82. The van der Waals surface area contributed by atoms with Gasteiger partial charge in [-0.1, -0.05) is 0 Å². The molecule has 17 heavy (non-hydrogen) atoms. The van der Waals surface area contributed by atoms with Crippen LogP contribution in [0.3, 0.4) is 0 Å². The molecule has 2 N–H and O–H groups in total. The van der Waals surface area contributed by atoms with Gasteiger partial charge in [-0.2, -0.15) is 0 Å². The largest absolute Gasteiger partial charge is 0.444 e. The lowest BCUT2D eigenvalue weighted by Gasteiger charge is -2.23. The van der Waals surface area contributed by atoms with Crippen molar-refractivity contribution >= 4 is 6.09 Å². The van der Waals surface area contributed by atoms with Gasteiger partial charge in [0.15, 0.2) is 0 Å². The number of amides is 1. The summed E-state index contributed by atoms with van der Waals surface area (Å²) in [5.41, 5.74) is -0.429. The van der Waals surface area contributed by atoms with E-state index in [1.165, 1.54) is 12.8 Å². The van der Waals surface area contributed by atoms with Gasteiger partial charge in [0.05, 0.1) is 0 Å². The molecule has 1 saturated carbocycles. The molecule has 1 rings (SSSR count). The molecule has 1 fully saturated rings. The summed E-state index contributed by atoms with van der Waals surface area (Å²) in [4.78, 5) is 11.5. The van der Waals surface area contributed by atoms with Crippen LogP contribution in [0.1, 0.15) is 53.9 Å². The highest BCUT2D eigenvalue weighted by atomic mass is 16.6. The van der Waals surface area contributed by atoms with Gasteiger partial charge < -0.3 is 15.4 Å². The Hall–Kier alpha value is -0.770. The average Bonchev–Trinajstić information content (AvgIpc) is 2.82. The Morgan fingerprint density at radius 2 is 1.88 bits per heavy atom. The van der Waals surface area contributed by atoms with Gasteiger partial charge in [-0.3, -0.25) is 0 Å². The monoisotopic (exact) mass is 242 g/mol. The van der Waals surface area contributed by atoms with Crippen LogP contribution in [0.15, 0.2) is 0 Å². The smallest absolute Gasteiger partial charge is 0.407 e. The van der Waals surface area contributed by atoms with E-state index in [1.54, 1.807) is 0 Å². The van der Waals surface area contributed by atoms with Crippen molar-refractivity contribution < 1.29 is 9.53 Å². The van der Waals surface area contributed by atoms with Gasteiger partial charge in [-0.05, 0) is 53.9 Å². The summed E-state index contributed by atoms with van der Waals surface area (Å²) in [7, 11) is 0. The Kier molecular flexibility index (Phi) is 4.80. The third-order valence-electron chi connectivity index (χ3n) is 2.57. The average molecular weight is 242 g/mol. The van der Waals surface area contributed by atoms with E-state index < -0.39 is 5.60 Å². The quantitative estimate of drug-likeness (QED) is 0.778. The van der Waals surface area contributed by atoms with E-state index in [0.29, 0.717) is 12.1 Å². The Morgan fingerprint density at radius 1 is 1.29 bits per heavy atom. The highest BCUT2D eigenvalue weighted by Gasteiger charge is 2.24. The van der Waals surface area contributed by atoms with Gasteiger partial charge >= 0.3 is 6.09 Å². The summed E-state index contributed by atoms with van der Waals surface area (Å²) >= 11 is 0. The summed E-state index contributed by atoms with van der Waals surface area (Å²) in [5.74, 6) is 0. The van der Waals surface area contributed by atoms with Crippen molar-refractivity contribution in [2.24, 2.45) is 0 Å². The van der Waals surface area contributed by atoms with Crippen molar-refractivity contribution in [2.75, 3.05) is 0 Å². The Bertz CT molecular complexity index is 257. The van der Waals surface area contributed by atoms with Crippen LogP contribution in [0.25, 0.3) is 0 Å². The molecule has 0 spiro atoms. The van der Waals surface area contributed by atoms with Crippen LogP contribution < -0.4 is 10.6 Å². The number of nitrogens with one attached hydrogen (secondary N) is 2. The molecule has 0 bridgehead atoms. The maximum absolute atomic E-state index is 11.5. The van der Waals surface area contributed by atoms with Gasteiger partial charge in [-0.15, -0.1) is 0 Å². The van der Waals surface area contributed by atoms with E-state index in [2.05, 4.69) is 17.6 Å². The van der Waals surface area contributed by atoms with Crippen LogP contribution in [-0.2, 0) is 4.74 Å². The predicted octanol–water partition coefficient (Wildman–Crippen LogP) is 2.43. The molecule has 1 aliphatic rings. The number of carbonyl (C=O) groups excluding carboxylic acids is 1. The zero-order valence-corrected chi connectivity index (χ0v) is 11.7. The molecule has 0 aromatic heterocycles. The van der Waals surface area contributed by atoms with Crippen molar-refractivity contribution in [1.29, 1.82) is 0 Å². The third-order valence-corrected chi connectivity index (χ3v) is 2.57. The molecule has 0 aliphatic heterocycles. The first-order valence-electron chi connectivity index (χ1n) is 6.52. The van der Waals surface area contributed by atoms with Crippen molar-refractivity contribution in [3.8, 4) is 0 Å². The molecular formula is C13H26N2O2. The minimum Gasteiger partial charge on any atom is -0.444 e. The molecule has 0 radical (unpaired) electrons. The van der Waals surface area contributed by atoms with Gasteiger partial charge in [0.1, 0.15) is 5.60 Å². The fraction of sp³-hybridized carbons (Fsp3) is 0.923.